The van der Waals surface area contributed by atoms with Gasteiger partial charge in [0.15, 0.2) is 0 Å². The van der Waals surface area contributed by atoms with Crippen molar-refractivity contribution in [3.05, 3.63) is 17.7 Å². The minimum atomic E-state index is -4.23. The summed E-state index contributed by atoms with van der Waals surface area (Å²) in [4.78, 5) is 19.0. The predicted octanol–water partition coefficient (Wildman–Crippen LogP) is 1.56. The summed E-state index contributed by atoms with van der Waals surface area (Å²) in [6.07, 6.45) is -0.991. The second kappa shape index (κ2) is 5.32. The molecule has 3 N–H and O–H groups in total. The van der Waals surface area contributed by atoms with Gasteiger partial charge in [0, 0.05) is 12.0 Å². The van der Waals surface area contributed by atoms with Gasteiger partial charge in [-0.3, -0.25) is 4.79 Å². The lowest BCUT2D eigenvalue weighted by Crippen LogP contribution is -2.30. The van der Waals surface area contributed by atoms with Gasteiger partial charge in [-0.05, 0) is 32.4 Å². The standard InChI is InChI=1S/C13H17F3N4O/c14-13(15,16)8-5-9(8)20-12(21)10-6-18-11(19-10)7-1-3-17-4-2-7/h6-9,17H,1-5H2,(H,18,19)(H,20,21)/t8-,9-/m1/s1. The molecule has 1 aliphatic carbocycles. The Bertz CT molecular complexity index is 522. The molecule has 1 aromatic heterocycles. The topological polar surface area (TPSA) is 69.8 Å². The molecule has 1 saturated carbocycles. The van der Waals surface area contributed by atoms with Crippen LogP contribution in [0.3, 0.4) is 0 Å². The highest BCUT2D eigenvalue weighted by Crippen LogP contribution is 2.44. The van der Waals surface area contributed by atoms with E-state index in [2.05, 4.69) is 20.6 Å². The highest BCUT2D eigenvalue weighted by Gasteiger charge is 2.56. The normalized spacial score (nSPS) is 26.6. The molecule has 2 aliphatic rings. The largest absolute Gasteiger partial charge is 0.393 e. The lowest BCUT2D eigenvalue weighted by atomic mass is 9.98. The number of carbonyl (C=O) groups excluding carboxylic acids is 1. The van der Waals surface area contributed by atoms with Gasteiger partial charge >= 0.3 is 6.18 Å². The van der Waals surface area contributed by atoms with E-state index >= 15 is 0 Å². The van der Waals surface area contributed by atoms with E-state index in [1.54, 1.807) is 0 Å². The van der Waals surface area contributed by atoms with Crippen LogP contribution in [0.5, 0.6) is 0 Å². The van der Waals surface area contributed by atoms with E-state index in [0.29, 0.717) is 0 Å². The van der Waals surface area contributed by atoms with Gasteiger partial charge < -0.3 is 15.6 Å². The van der Waals surface area contributed by atoms with Gasteiger partial charge in [0.2, 0.25) is 0 Å². The van der Waals surface area contributed by atoms with Crippen LogP contribution < -0.4 is 10.6 Å². The fourth-order valence-electron chi connectivity index (χ4n) is 2.72. The maximum Gasteiger partial charge on any atom is 0.393 e. The molecule has 21 heavy (non-hydrogen) atoms. The maximum atomic E-state index is 12.4. The summed E-state index contributed by atoms with van der Waals surface area (Å²) >= 11 is 0. The number of aromatic nitrogens is 2. The molecule has 116 valence electrons. The summed E-state index contributed by atoms with van der Waals surface area (Å²) in [6.45, 7) is 1.81. The summed E-state index contributed by atoms with van der Waals surface area (Å²) in [7, 11) is 0. The number of nitrogens with one attached hydrogen (secondary N) is 3. The predicted molar refractivity (Wildman–Crippen MR) is 68.8 cm³/mol. The Balaban J connectivity index is 1.57. The molecule has 2 atom stereocenters. The van der Waals surface area contributed by atoms with Crippen LogP contribution in [0.1, 0.15) is 41.5 Å². The van der Waals surface area contributed by atoms with Gasteiger partial charge in [-0.2, -0.15) is 13.2 Å². The number of imidazole rings is 1. The van der Waals surface area contributed by atoms with E-state index in [-0.39, 0.29) is 18.0 Å². The number of rotatable bonds is 3. The van der Waals surface area contributed by atoms with Crippen LogP contribution in [-0.4, -0.2) is 41.2 Å². The first kappa shape index (κ1) is 14.4. The SMILES string of the molecule is O=C(N[C@@H]1C[C@H]1C(F)(F)F)c1cnc(C2CCNCC2)[nH]1. The second-order valence-corrected chi connectivity index (χ2v) is 5.67. The average Bonchev–Trinajstić information content (AvgIpc) is 3.05. The van der Waals surface area contributed by atoms with E-state index in [0.717, 1.165) is 31.8 Å². The Morgan fingerprint density at radius 3 is 2.67 bits per heavy atom. The number of hydrogen-bond acceptors (Lipinski definition) is 3. The van der Waals surface area contributed by atoms with Crippen molar-refractivity contribution in [1.29, 1.82) is 0 Å². The van der Waals surface area contributed by atoms with Gasteiger partial charge in [-0.15, -0.1) is 0 Å². The van der Waals surface area contributed by atoms with Crippen molar-refractivity contribution in [2.45, 2.75) is 37.4 Å². The Hall–Kier alpha value is -1.57. The first-order chi connectivity index (χ1) is 9.95. The lowest BCUT2D eigenvalue weighted by Gasteiger charge is -2.20. The van der Waals surface area contributed by atoms with Crippen molar-refractivity contribution in [2.24, 2.45) is 5.92 Å². The summed E-state index contributed by atoms with van der Waals surface area (Å²) in [5, 5.41) is 5.64. The molecule has 2 heterocycles. The van der Waals surface area contributed by atoms with Crippen molar-refractivity contribution in [2.75, 3.05) is 13.1 Å². The van der Waals surface area contributed by atoms with E-state index in [1.807, 2.05) is 0 Å². The summed E-state index contributed by atoms with van der Waals surface area (Å²) < 4.78 is 37.2. The van der Waals surface area contributed by atoms with Crippen LogP contribution in [0.25, 0.3) is 0 Å². The summed E-state index contributed by atoms with van der Waals surface area (Å²) in [6, 6.07) is -0.803. The molecule has 1 aliphatic heterocycles. The number of piperidine rings is 1. The van der Waals surface area contributed by atoms with E-state index in [1.165, 1.54) is 6.20 Å². The number of H-pyrrole nitrogens is 1. The third-order valence-corrected chi connectivity index (χ3v) is 4.09. The molecule has 8 heteroatoms. The van der Waals surface area contributed by atoms with Gasteiger partial charge in [0.25, 0.3) is 5.91 Å². The molecule has 1 aromatic rings. The number of hydrogen-bond donors (Lipinski definition) is 3. The zero-order valence-electron chi connectivity index (χ0n) is 11.3. The number of halogens is 3. The van der Waals surface area contributed by atoms with E-state index < -0.39 is 24.0 Å². The van der Waals surface area contributed by atoms with Gasteiger partial charge in [0.1, 0.15) is 11.5 Å². The third kappa shape index (κ3) is 3.20. The lowest BCUT2D eigenvalue weighted by molar-refractivity contribution is -0.148. The molecule has 0 unspecified atom stereocenters. The minimum Gasteiger partial charge on any atom is -0.347 e. The number of nitrogens with zero attached hydrogens (tertiary/aromatic N) is 1. The number of carbonyl (C=O) groups is 1. The number of amides is 1. The molecular formula is C13H17F3N4O. The van der Waals surface area contributed by atoms with Crippen LogP contribution in [0.15, 0.2) is 6.20 Å². The molecule has 2 fully saturated rings. The Labute approximate surface area is 119 Å². The van der Waals surface area contributed by atoms with Gasteiger partial charge in [-0.1, -0.05) is 0 Å². The average molecular weight is 302 g/mol. The summed E-state index contributed by atoms with van der Waals surface area (Å²) in [5.41, 5.74) is 0.233. The van der Waals surface area contributed by atoms with Crippen molar-refractivity contribution < 1.29 is 18.0 Å². The molecule has 0 bridgehead atoms. The fraction of sp³-hybridized carbons (Fsp3) is 0.692. The molecule has 0 spiro atoms. The van der Waals surface area contributed by atoms with Crippen LogP contribution in [0, 0.1) is 5.92 Å². The molecule has 1 saturated heterocycles. The third-order valence-electron chi connectivity index (χ3n) is 4.09. The first-order valence-corrected chi connectivity index (χ1v) is 7.08. The summed E-state index contributed by atoms with van der Waals surface area (Å²) in [5.74, 6) is -0.908. The van der Waals surface area contributed by atoms with Crippen molar-refractivity contribution in [1.82, 2.24) is 20.6 Å². The van der Waals surface area contributed by atoms with Crippen LogP contribution >= 0.6 is 0 Å². The van der Waals surface area contributed by atoms with Crippen molar-refractivity contribution >= 4 is 5.91 Å². The van der Waals surface area contributed by atoms with Gasteiger partial charge in [0.05, 0.1) is 12.1 Å². The number of alkyl halides is 3. The monoisotopic (exact) mass is 302 g/mol. The number of aromatic amines is 1. The molecular weight excluding hydrogens is 285 g/mol. The quantitative estimate of drug-likeness (QED) is 0.793. The molecule has 1 amide bonds. The van der Waals surface area contributed by atoms with Crippen molar-refractivity contribution in [3.8, 4) is 0 Å². The minimum absolute atomic E-state index is 0.0372. The molecule has 5 nitrogen and oxygen atoms in total. The zero-order valence-corrected chi connectivity index (χ0v) is 11.3. The molecule has 3 rings (SSSR count). The zero-order chi connectivity index (χ0) is 15.0. The van der Waals surface area contributed by atoms with Crippen LogP contribution in [0.4, 0.5) is 13.2 Å². The smallest absolute Gasteiger partial charge is 0.347 e. The highest BCUT2D eigenvalue weighted by atomic mass is 19.4. The van der Waals surface area contributed by atoms with Crippen LogP contribution in [-0.2, 0) is 0 Å². The molecule has 0 radical (unpaired) electrons. The van der Waals surface area contributed by atoms with E-state index in [4.69, 9.17) is 0 Å². The Kier molecular flexibility index (Phi) is 3.64. The fourth-order valence-corrected chi connectivity index (χ4v) is 2.72. The van der Waals surface area contributed by atoms with Crippen LogP contribution in [0.2, 0.25) is 0 Å². The van der Waals surface area contributed by atoms with Crippen molar-refractivity contribution in [3.63, 3.8) is 0 Å². The Morgan fingerprint density at radius 1 is 1.33 bits per heavy atom. The van der Waals surface area contributed by atoms with E-state index in [9.17, 15) is 18.0 Å². The van der Waals surface area contributed by atoms with Gasteiger partial charge in [-0.25, -0.2) is 4.98 Å². The second-order valence-electron chi connectivity index (χ2n) is 5.67. The molecule has 0 aromatic carbocycles. The highest BCUT2D eigenvalue weighted by molar-refractivity contribution is 5.92. The maximum absolute atomic E-state index is 12.4. The first-order valence-electron chi connectivity index (χ1n) is 7.08. The Morgan fingerprint density at radius 2 is 2.05 bits per heavy atom.